The number of nitriles is 1. The molecule has 1 aliphatic carbocycles. The lowest BCUT2D eigenvalue weighted by Gasteiger charge is -2.20. The maximum atomic E-state index is 12.1. The van der Waals surface area contributed by atoms with E-state index in [1.54, 1.807) is 6.07 Å². The molecule has 1 aromatic rings. The molecule has 0 saturated heterocycles. The number of hydrogen-bond donors (Lipinski definition) is 2. The molecule has 0 unspecified atom stereocenters. The van der Waals surface area contributed by atoms with Crippen LogP contribution in [0.5, 0.6) is 0 Å². The van der Waals surface area contributed by atoms with Crippen molar-refractivity contribution in [1.29, 1.82) is 5.26 Å². The van der Waals surface area contributed by atoms with Gasteiger partial charge in [0.25, 0.3) is 0 Å². The van der Waals surface area contributed by atoms with Gasteiger partial charge in [0.05, 0.1) is 12.6 Å². The Morgan fingerprint density at radius 3 is 2.90 bits per heavy atom. The second-order valence-corrected chi connectivity index (χ2v) is 5.23. The summed E-state index contributed by atoms with van der Waals surface area (Å²) in [4.78, 5) is 14.2. The average Bonchev–Trinajstić information content (AvgIpc) is 3.22. The monoisotopic (exact) mass is 272 g/mol. The number of carbonyl (C=O) groups is 1. The molecule has 1 aromatic carbocycles. The van der Waals surface area contributed by atoms with Crippen molar-refractivity contribution in [2.75, 3.05) is 24.1 Å². The molecule has 0 radical (unpaired) electrons. The molecular formula is C15H20N4O. The molecule has 2 rings (SSSR count). The number of benzene rings is 1. The van der Waals surface area contributed by atoms with Crippen LogP contribution in [0.25, 0.3) is 0 Å². The fraction of sp³-hybridized carbons (Fsp3) is 0.467. The Bertz CT molecular complexity index is 531. The van der Waals surface area contributed by atoms with Gasteiger partial charge in [-0.25, -0.2) is 0 Å². The molecule has 0 aliphatic heterocycles. The lowest BCUT2D eigenvalue weighted by atomic mass is 10.2. The average molecular weight is 272 g/mol. The first-order valence-corrected chi connectivity index (χ1v) is 6.87. The first-order chi connectivity index (χ1) is 9.60. The van der Waals surface area contributed by atoms with Crippen molar-refractivity contribution >= 4 is 17.3 Å². The van der Waals surface area contributed by atoms with Crippen LogP contribution in [-0.2, 0) is 4.79 Å². The molecule has 1 aliphatic rings. The molecular weight excluding hydrogens is 252 g/mol. The fourth-order valence-corrected chi connectivity index (χ4v) is 2.23. The van der Waals surface area contributed by atoms with Gasteiger partial charge in [0.15, 0.2) is 0 Å². The quantitative estimate of drug-likeness (QED) is 0.775. The zero-order valence-electron chi connectivity index (χ0n) is 11.7. The first kappa shape index (κ1) is 14.4. The zero-order chi connectivity index (χ0) is 14.5. The Balaban J connectivity index is 1.92. The zero-order valence-corrected chi connectivity index (χ0v) is 11.7. The maximum absolute atomic E-state index is 12.1. The molecule has 0 bridgehead atoms. The number of rotatable bonds is 6. The topological polar surface area (TPSA) is 82.2 Å². The van der Waals surface area contributed by atoms with Gasteiger partial charge in [0.1, 0.15) is 0 Å². The summed E-state index contributed by atoms with van der Waals surface area (Å²) in [6, 6.07) is 8.04. The van der Waals surface area contributed by atoms with Crippen LogP contribution in [0.2, 0.25) is 0 Å². The number of anilines is 2. The van der Waals surface area contributed by atoms with Crippen molar-refractivity contribution in [2.45, 2.75) is 32.2 Å². The molecule has 0 heterocycles. The van der Waals surface area contributed by atoms with E-state index in [-0.39, 0.29) is 5.91 Å². The Morgan fingerprint density at radius 2 is 2.30 bits per heavy atom. The van der Waals surface area contributed by atoms with E-state index in [4.69, 9.17) is 11.0 Å². The van der Waals surface area contributed by atoms with Gasteiger partial charge in [-0.15, -0.1) is 0 Å². The van der Waals surface area contributed by atoms with Crippen LogP contribution in [0.1, 0.15) is 24.8 Å². The van der Waals surface area contributed by atoms with Crippen LogP contribution < -0.4 is 11.1 Å². The minimum Gasteiger partial charge on any atom is -0.399 e. The van der Waals surface area contributed by atoms with E-state index in [9.17, 15) is 4.79 Å². The molecule has 0 atom stereocenters. The molecule has 106 valence electrons. The molecule has 20 heavy (non-hydrogen) atoms. The van der Waals surface area contributed by atoms with Crippen molar-refractivity contribution in [1.82, 2.24) is 4.90 Å². The number of nitrogen functional groups attached to an aromatic ring is 1. The summed E-state index contributed by atoms with van der Waals surface area (Å²) in [5.41, 5.74) is 8.12. The van der Waals surface area contributed by atoms with Crippen LogP contribution in [0.3, 0.4) is 0 Å². The number of carbonyl (C=O) groups excluding carboxylic acids is 1. The van der Waals surface area contributed by atoms with Crippen LogP contribution in [0.4, 0.5) is 11.4 Å². The highest BCUT2D eigenvalue weighted by molar-refractivity contribution is 5.93. The molecule has 3 N–H and O–H groups in total. The van der Waals surface area contributed by atoms with Crippen LogP contribution in [0.15, 0.2) is 18.2 Å². The number of nitrogens with one attached hydrogen (secondary N) is 1. The summed E-state index contributed by atoms with van der Waals surface area (Å²) in [5, 5.41) is 11.6. The van der Waals surface area contributed by atoms with E-state index in [1.165, 1.54) is 0 Å². The summed E-state index contributed by atoms with van der Waals surface area (Å²) < 4.78 is 0. The third-order valence-electron chi connectivity index (χ3n) is 3.45. The van der Waals surface area contributed by atoms with E-state index in [2.05, 4.69) is 16.3 Å². The van der Waals surface area contributed by atoms with E-state index < -0.39 is 0 Å². The number of hydrogen-bond acceptors (Lipinski definition) is 4. The molecule has 5 nitrogen and oxygen atoms in total. The SMILES string of the molecule is Cc1cc(N)ccc1NC(=O)CN(CCC#N)C1CC1. The molecule has 5 heteroatoms. The first-order valence-electron chi connectivity index (χ1n) is 6.87. The molecule has 1 fully saturated rings. The van der Waals surface area contributed by atoms with Crippen LogP contribution in [-0.4, -0.2) is 29.9 Å². The third kappa shape index (κ3) is 3.97. The normalized spacial score (nSPS) is 14.1. The van der Waals surface area contributed by atoms with E-state index >= 15 is 0 Å². The van der Waals surface area contributed by atoms with Crippen LogP contribution in [0, 0.1) is 18.3 Å². The van der Waals surface area contributed by atoms with Crippen molar-refractivity contribution in [3.8, 4) is 6.07 Å². The highest BCUT2D eigenvalue weighted by atomic mass is 16.2. The maximum Gasteiger partial charge on any atom is 0.238 e. The minimum absolute atomic E-state index is 0.0392. The van der Waals surface area contributed by atoms with Gasteiger partial charge in [0, 0.05) is 30.4 Å². The lowest BCUT2D eigenvalue weighted by Crippen LogP contribution is -2.35. The smallest absolute Gasteiger partial charge is 0.238 e. The third-order valence-corrected chi connectivity index (χ3v) is 3.45. The standard InChI is InChI=1S/C15H20N4O/c1-11-9-12(17)3-6-14(11)18-15(20)10-19(8-2-7-16)13-4-5-13/h3,6,9,13H,2,4-5,8,10,17H2,1H3,(H,18,20). The molecule has 0 spiro atoms. The van der Waals surface area contributed by atoms with Gasteiger partial charge in [-0.05, 0) is 43.5 Å². The van der Waals surface area contributed by atoms with Gasteiger partial charge in [-0.1, -0.05) is 0 Å². The molecule has 1 saturated carbocycles. The van der Waals surface area contributed by atoms with E-state index in [1.807, 2.05) is 19.1 Å². The van der Waals surface area contributed by atoms with Gasteiger partial charge >= 0.3 is 0 Å². The van der Waals surface area contributed by atoms with Gasteiger partial charge in [-0.3, -0.25) is 9.69 Å². The van der Waals surface area contributed by atoms with Crippen molar-refractivity contribution in [3.63, 3.8) is 0 Å². The summed E-state index contributed by atoms with van der Waals surface area (Å²) in [7, 11) is 0. The van der Waals surface area contributed by atoms with Crippen molar-refractivity contribution in [2.24, 2.45) is 0 Å². The summed E-state index contributed by atoms with van der Waals surface area (Å²) in [6.07, 6.45) is 2.71. The van der Waals surface area contributed by atoms with E-state index in [0.29, 0.717) is 31.2 Å². The predicted octanol–water partition coefficient (Wildman–Crippen LogP) is 1.89. The Kier molecular flexibility index (Phi) is 4.59. The Labute approximate surface area is 119 Å². The molecule has 1 amide bonds. The van der Waals surface area contributed by atoms with E-state index in [0.717, 1.165) is 24.1 Å². The van der Waals surface area contributed by atoms with Gasteiger partial charge in [-0.2, -0.15) is 5.26 Å². The Morgan fingerprint density at radius 1 is 1.55 bits per heavy atom. The second-order valence-electron chi connectivity index (χ2n) is 5.23. The Hall–Kier alpha value is -2.06. The highest BCUT2D eigenvalue weighted by Crippen LogP contribution is 2.26. The fourth-order valence-electron chi connectivity index (χ4n) is 2.23. The largest absolute Gasteiger partial charge is 0.399 e. The second kappa shape index (κ2) is 6.40. The predicted molar refractivity (Wildman–Crippen MR) is 79.0 cm³/mol. The van der Waals surface area contributed by atoms with Crippen molar-refractivity contribution in [3.05, 3.63) is 23.8 Å². The molecule has 0 aromatic heterocycles. The summed E-state index contributed by atoms with van der Waals surface area (Å²) in [6.45, 7) is 2.92. The summed E-state index contributed by atoms with van der Waals surface area (Å²) in [5.74, 6) is -0.0392. The van der Waals surface area contributed by atoms with Gasteiger partial charge < -0.3 is 11.1 Å². The minimum atomic E-state index is -0.0392. The number of nitrogens with two attached hydrogens (primary N) is 1. The number of nitrogens with zero attached hydrogens (tertiary/aromatic N) is 2. The van der Waals surface area contributed by atoms with Crippen LogP contribution >= 0.6 is 0 Å². The van der Waals surface area contributed by atoms with Crippen molar-refractivity contribution < 1.29 is 4.79 Å². The number of amides is 1. The van der Waals surface area contributed by atoms with Gasteiger partial charge in [0.2, 0.25) is 5.91 Å². The lowest BCUT2D eigenvalue weighted by molar-refractivity contribution is -0.117. The summed E-state index contributed by atoms with van der Waals surface area (Å²) >= 11 is 0. The highest BCUT2D eigenvalue weighted by Gasteiger charge is 2.29. The number of aryl methyl sites for hydroxylation is 1.